The van der Waals surface area contributed by atoms with Crippen LogP contribution in [0.3, 0.4) is 0 Å². The van der Waals surface area contributed by atoms with E-state index in [0.717, 1.165) is 5.56 Å². The van der Waals surface area contributed by atoms with Crippen LogP contribution in [0.5, 0.6) is 5.75 Å². The number of carbonyl (C=O) groups is 1. The summed E-state index contributed by atoms with van der Waals surface area (Å²) in [4.78, 5) is 30.1. The van der Waals surface area contributed by atoms with Gasteiger partial charge in [0, 0.05) is 11.6 Å². The van der Waals surface area contributed by atoms with E-state index in [-0.39, 0.29) is 12.3 Å². The summed E-state index contributed by atoms with van der Waals surface area (Å²) in [5, 5.41) is 9.81. The van der Waals surface area contributed by atoms with E-state index in [1.54, 1.807) is 18.2 Å². The van der Waals surface area contributed by atoms with Crippen molar-refractivity contribution in [2.45, 2.75) is 32.4 Å². The first-order valence-electron chi connectivity index (χ1n) is 8.68. The summed E-state index contributed by atoms with van der Waals surface area (Å²) in [6.45, 7) is 5.71. The van der Waals surface area contributed by atoms with Crippen molar-refractivity contribution < 1.29 is 14.6 Å². The number of nitrogens with zero attached hydrogens (tertiary/aromatic N) is 1. The molecule has 0 radical (unpaired) electrons. The molecular weight excluding hydrogens is 346 g/mol. The quantitative estimate of drug-likeness (QED) is 0.638. The molecule has 1 heterocycles. The first kappa shape index (κ1) is 18.6. The molecule has 0 bridgehead atoms. The third-order valence-corrected chi connectivity index (χ3v) is 4.32. The second-order valence-corrected chi connectivity index (χ2v) is 7.35. The predicted molar refractivity (Wildman–Crippen MR) is 103 cm³/mol. The van der Waals surface area contributed by atoms with Gasteiger partial charge in [0.05, 0.1) is 17.1 Å². The van der Waals surface area contributed by atoms with Crippen LogP contribution in [0, 0.1) is 0 Å². The third-order valence-electron chi connectivity index (χ3n) is 4.32. The van der Waals surface area contributed by atoms with Gasteiger partial charge in [-0.25, -0.2) is 9.59 Å². The lowest BCUT2D eigenvalue weighted by molar-refractivity contribution is 0.0506. The molecule has 1 aromatic heterocycles. The van der Waals surface area contributed by atoms with Gasteiger partial charge in [-0.3, -0.25) is 4.90 Å². The highest BCUT2D eigenvalue weighted by atomic mass is 16.5. The molecule has 1 amide bonds. The number of nitrogens with one attached hydrogen (secondary N) is 2. The van der Waals surface area contributed by atoms with Gasteiger partial charge in [0.15, 0.2) is 0 Å². The van der Waals surface area contributed by atoms with Crippen LogP contribution in [-0.4, -0.2) is 38.2 Å². The Morgan fingerprint density at radius 2 is 1.78 bits per heavy atom. The lowest BCUT2D eigenvalue weighted by Gasteiger charge is -2.39. The highest BCUT2D eigenvalue weighted by Gasteiger charge is 2.34. The van der Waals surface area contributed by atoms with Gasteiger partial charge >= 0.3 is 11.8 Å². The molecule has 0 saturated carbocycles. The molecule has 0 aliphatic rings. The van der Waals surface area contributed by atoms with E-state index in [9.17, 15) is 14.7 Å². The van der Waals surface area contributed by atoms with Crippen LogP contribution in [0.25, 0.3) is 11.0 Å². The van der Waals surface area contributed by atoms with Gasteiger partial charge in [0.25, 0.3) is 0 Å². The first-order chi connectivity index (χ1) is 12.8. The second kappa shape index (κ2) is 7.19. The molecular formula is C20H23N3O4. The van der Waals surface area contributed by atoms with Gasteiger partial charge < -0.3 is 19.8 Å². The fraction of sp³-hybridized carbons (Fsp3) is 0.300. The average Bonchev–Trinajstić information content (AvgIpc) is 2.97. The Balaban J connectivity index is 1.90. The highest BCUT2D eigenvalue weighted by molar-refractivity contribution is 5.76. The van der Waals surface area contributed by atoms with Crippen molar-refractivity contribution in [3.63, 3.8) is 0 Å². The van der Waals surface area contributed by atoms with E-state index >= 15 is 0 Å². The Hall–Kier alpha value is -3.22. The van der Waals surface area contributed by atoms with Crippen LogP contribution in [0.4, 0.5) is 4.79 Å². The normalized spacial score (nSPS) is 12.7. The van der Waals surface area contributed by atoms with Gasteiger partial charge in [0.2, 0.25) is 0 Å². The SMILES string of the molecule is CC(C)(C)N(C(=O)O)[C@@H](COc1ccc2[nH]c(=O)[nH]c2c1)c1ccccc1. The molecule has 0 aliphatic heterocycles. The lowest BCUT2D eigenvalue weighted by Crippen LogP contribution is -2.48. The number of benzene rings is 2. The summed E-state index contributed by atoms with van der Waals surface area (Å²) in [5.41, 5.74) is 1.29. The summed E-state index contributed by atoms with van der Waals surface area (Å²) in [7, 11) is 0. The number of aromatic amines is 2. The molecule has 7 nitrogen and oxygen atoms in total. The minimum atomic E-state index is -1.01. The summed E-state index contributed by atoms with van der Waals surface area (Å²) in [6.07, 6.45) is -1.01. The number of H-pyrrole nitrogens is 2. The maximum Gasteiger partial charge on any atom is 0.408 e. The smallest absolute Gasteiger partial charge is 0.408 e. The zero-order chi connectivity index (χ0) is 19.6. The summed E-state index contributed by atoms with van der Waals surface area (Å²) in [5.74, 6) is 0.554. The van der Waals surface area contributed by atoms with Crippen molar-refractivity contribution in [3.05, 3.63) is 64.6 Å². The van der Waals surface area contributed by atoms with Crippen molar-refractivity contribution in [1.82, 2.24) is 14.9 Å². The Labute approximate surface area is 156 Å². The van der Waals surface area contributed by atoms with Crippen molar-refractivity contribution in [1.29, 1.82) is 0 Å². The zero-order valence-corrected chi connectivity index (χ0v) is 15.5. The van der Waals surface area contributed by atoms with Crippen LogP contribution in [0.2, 0.25) is 0 Å². The number of rotatable bonds is 5. The van der Waals surface area contributed by atoms with E-state index in [1.807, 2.05) is 51.1 Å². The average molecular weight is 369 g/mol. The molecule has 0 fully saturated rings. The van der Waals surface area contributed by atoms with Crippen LogP contribution in [0.1, 0.15) is 32.4 Å². The standard InChI is InChI=1S/C20H23N3O4/c1-20(2,3)23(19(25)26)17(13-7-5-4-6-8-13)12-27-14-9-10-15-16(11-14)22-18(24)21-15/h4-11,17H,12H2,1-3H3,(H,25,26)(H2,21,22,24)/t17-/m0/s1. The molecule has 3 aromatic rings. The molecule has 142 valence electrons. The summed E-state index contributed by atoms with van der Waals surface area (Å²) >= 11 is 0. The lowest BCUT2D eigenvalue weighted by atomic mass is 9.99. The maximum atomic E-state index is 12.0. The van der Waals surface area contributed by atoms with Crippen molar-refractivity contribution in [2.75, 3.05) is 6.61 Å². The predicted octanol–water partition coefficient (Wildman–Crippen LogP) is 3.75. The van der Waals surface area contributed by atoms with Gasteiger partial charge in [-0.2, -0.15) is 0 Å². The number of fused-ring (bicyclic) bond motifs is 1. The molecule has 7 heteroatoms. The molecule has 1 atom stereocenters. The van der Waals surface area contributed by atoms with E-state index in [4.69, 9.17) is 4.74 Å². The number of amides is 1. The number of aromatic nitrogens is 2. The van der Waals surface area contributed by atoms with Crippen LogP contribution >= 0.6 is 0 Å². The zero-order valence-electron chi connectivity index (χ0n) is 15.5. The molecule has 0 unspecified atom stereocenters. The highest BCUT2D eigenvalue weighted by Crippen LogP contribution is 2.29. The van der Waals surface area contributed by atoms with Gasteiger partial charge in [-0.05, 0) is 38.5 Å². The van der Waals surface area contributed by atoms with Crippen LogP contribution in [-0.2, 0) is 0 Å². The van der Waals surface area contributed by atoms with E-state index in [1.165, 1.54) is 4.90 Å². The fourth-order valence-corrected chi connectivity index (χ4v) is 3.16. The minimum Gasteiger partial charge on any atom is -0.491 e. The first-order valence-corrected chi connectivity index (χ1v) is 8.68. The fourth-order valence-electron chi connectivity index (χ4n) is 3.16. The van der Waals surface area contributed by atoms with Gasteiger partial charge in [-0.15, -0.1) is 0 Å². The number of ether oxygens (including phenoxy) is 1. The summed E-state index contributed by atoms with van der Waals surface area (Å²) in [6, 6.07) is 14.2. The Kier molecular flexibility index (Phi) is 4.94. The molecule has 3 rings (SSSR count). The topological polar surface area (TPSA) is 98.4 Å². The maximum absolute atomic E-state index is 12.0. The van der Waals surface area contributed by atoms with Crippen LogP contribution in [0.15, 0.2) is 53.3 Å². The Morgan fingerprint density at radius 3 is 2.41 bits per heavy atom. The van der Waals surface area contributed by atoms with Gasteiger partial charge in [0.1, 0.15) is 12.4 Å². The number of hydrogen-bond donors (Lipinski definition) is 3. The van der Waals surface area contributed by atoms with E-state index < -0.39 is 17.7 Å². The van der Waals surface area contributed by atoms with Crippen molar-refractivity contribution in [2.24, 2.45) is 0 Å². The Bertz CT molecular complexity index is 986. The number of carboxylic acid groups (broad SMARTS) is 1. The van der Waals surface area contributed by atoms with Crippen LogP contribution < -0.4 is 10.4 Å². The largest absolute Gasteiger partial charge is 0.491 e. The van der Waals surface area contributed by atoms with Crippen molar-refractivity contribution >= 4 is 17.1 Å². The molecule has 0 aliphatic carbocycles. The summed E-state index contributed by atoms with van der Waals surface area (Å²) < 4.78 is 5.93. The third kappa shape index (κ3) is 4.13. The van der Waals surface area contributed by atoms with E-state index in [0.29, 0.717) is 16.8 Å². The molecule has 0 saturated heterocycles. The number of hydrogen-bond acceptors (Lipinski definition) is 3. The molecule has 3 N–H and O–H groups in total. The van der Waals surface area contributed by atoms with E-state index in [2.05, 4.69) is 9.97 Å². The minimum absolute atomic E-state index is 0.147. The second-order valence-electron chi connectivity index (χ2n) is 7.35. The Morgan fingerprint density at radius 1 is 1.11 bits per heavy atom. The van der Waals surface area contributed by atoms with Gasteiger partial charge in [-0.1, -0.05) is 30.3 Å². The monoisotopic (exact) mass is 369 g/mol. The number of imidazole rings is 1. The molecule has 2 aromatic carbocycles. The van der Waals surface area contributed by atoms with Crippen molar-refractivity contribution in [3.8, 4) is 5.75 Å². The molecule has 0 spiro atoms. The molecule has 27 heavy (non-hydrogen) atoms.